The van der Waals surface area contributed by atoms with E-state index in [2.05, 4.69) is 9.97 Å². The second-order valence-corrected chi connectivity index (χ2v) is 1.91. The molecule has 0 atom stereocenters. The van der Waals surface area contributed by atoms with Gasteiger partial charge in [0.15, 0.2) is 0 Å². The average Bonchev–Trinajstić information content (AvgIpc) is 2.64. The molecule has 0 radical (unpaired) electrons. The molecule has 2 rings (SSSR count). The molecule has 0 amide bonds. The minimum absolute atomic E-state index is 0. The maximum absolute atomic E-state index is 3.78. The van der Waals surface area contributed by atoms with Crippen molar-refractivity contribution in [3.8, 4) is 0 Å². The van der Waals surface area contributed by atoms with Crippen molar-refractivity contribution < 1.29 is 25.0 Å². The molecule has 0 saturated heterocycles. The summed E-state index contributed by atoms with van der Waals surface area (Å²) in [6.45, 7) is 0. The van der Waals surface area contributed by atoms with E-state index in [-0.39, 0.29) is 38.4 Å². The molecule has 14 heavy (non-hydrogen) atoms. The van der Waals surface area contributed by atoms with Gasteiger partial charge in [0.25, 0.3) is 0 Å². The van der Waals surface area contributed by atoms with Gasteiger partial charge in [-0.2, -0.15) is 13.5 Å². The molecule has 2 aromatic rings. The number of H-pyrrole nitrogens is 1. The summed E-state index contributed by atoms with van der Waals surface area (Å²) in [5.41, 5.74) is 0. The van der Waals surface area contributed by atoms with E-state index in [1.165, 1.54) is 0 Å². The van der Waals surface area contributed by atoms with Crippen LogP contribution in [0.25, 0.3) is 0 Å². The molecule has 74 valence electrons. The Morgan fingerprint density at radius 3 is 1.43 bits per heavy atom. The summed E-state index contributed by atoms with van der Waals surface area (Å²) < 4.78 is 0. The predicted molar refractivity (Wildman–Crippen MR) is 59.0 cm³/mol. The molecule has 0 saturated carbocycles. The van der Waals surface area contributed by atoms with Gasteiger partial charge in [-0.25, -0.2) is 0 Å². The number of nitrogens with one attached hydrogen (secondary N) is 1. The Balaban J connectivity index is -0.000000144. The maximum Gasteiger partial charge on any atom is 0.0267 e. The molecule has 0 unspecified atom stereocenters. The third kappa shape index (κ3) is 11.4. The Hall–Kier alpha value is -0.637. The monoisotopic (exact) mass is 262 g/mol. The molecule has 5 heteroatoms. The largest absolute Gasteiger partial charge is 0.412 e. The van der Waals surface area contributed by atoms with E-state index in [0.717, 1.165) is 0 Å². The molecule has 0 fully saturated rings. The molecule has 3 N–H and O–H groups in total. The van der Waals surface area contributed by atoms with E-state index in [4.69, 9.17) is 0 Å². The molecular weight excluding hydrogens is 250 g/mol. The number of hydrogen-bond acceptors (Lipinski definition) is 1. The van der Waals surface area contributed by atoms with Gasteiger partial charge < -0.3 is 10.5 Å². The standard InChI is InChI=1S/C5H5N.C4H5N.H2O.H2S.Zn/c1-2-4-6-5-3-1;1-2-4-5-3-1;;;/h1-5H;1-5H;2*1H2;. The van der Waals surface area contributed by atoms with E-state index < -0.39 is 0 Å². The van der Waals surface area contributed by atoms with Crippen molar-refractivity contribution in [3.05, 3.63) is 55.1 Å². The van der Waals surface area contributed by atoms with Crippen molar-refractivity contribution in [3.63, 3.8) is 0 Å². The van der Waals surface area contributed by atoms with Crippen LogP contribution in [0.3, 0.4) is 0 Å². The minimum Gasteiger partial charge on any atom is -0.412 e. The van der Waals surface area contributed by atoms with Crippen molar-refractivity contribution in [2.24, 2.45) is 0 Å². The van der Waals surface area contributed by atoms with Crippen LogP contribution in [0.15, 0.2) is 55.1 Å². The van der Waals surface area contributed by atoms with Crippen molar-refractivity contribution in [2.75, 3.05) is 0 Å². The molecule has 0 spiro atoms. The second kappa shape index (κ2) is 14.9. The SMILES string of the molecule is O.S.[Zn].c1cc[nH]c1.c1ccncc1. The zero-order valence-corrected chi connectivity index (χ0v) is 11.8. The fourth-order valence-corrected chi connectivity index (χ4v) is 0.590. The van der Waals surface area contributed by atoms with E-state index in [1.54, 1.807) is 12.4 Å². The molecule has 2 aromatic heterocycles. The van der Waals surface area contributed by atoms with E-state index in [1.807, 2.05) is 42.7 Å². The molecule has 2 heterocycles. The van der Waals surface area contributed by atoms with Gasteiger partial charge >= 0.3 is 0 Å². The van der Waals surface area contributed by atoms with Crippen molar-refractivity contribution in [1.29, 1.82) is 0 Å². The normalized spacial score (nSPS) is 6.29. The van der Waals surface area contributed by atoms with Gasteiger partial charge in [0.1, 0.15) is 0 Å². The van der Waals surface area contributed by atoms with Gasteiger partial charge in [0.2, 0.25) is 0 Å². The Morgan fingerprint density at radius 2 is 1.29 bits per heavy atom. The summed E-state index contributed by atoms with van der Waals surface area (Å²) >= 11 is 0. The molecule has 0 aliphatic rings. The third-order valence-corrected chi connectivity index (χ3v) is 1.06. The minimum atomic E-state index is 0. The topological polar surface area (TPSA) is 60.2 Å². The molecular formula is C9H14N2OSZn. The van der Waals surface area contributed by atoms with Gasteiger partial charge in [-0.3, -0.25) is 4.98 Å². The maximum atomic E-state index is 3.78. The molecule has 3 nitrogen and oxygen atoms in total. The van der Waals surface area contributed by atoms with Crippen LogP contribution in [-0.4, -0.2) is 15.4 Å². The number of aromatic nitrogens is 2. The average molecular weight is 264 g/mol. The van der Waals surface area contributed by atoms with Crippen LogP contribution in [0.1, 0.15) is 0 Å². The fraction of sp³-hybridized carbons (Fsp3) is 0. The van der Waals surface area contributed by atoms with Crippen LogP contribution in [-0.2, 0) is 19.5 Å². The summed E-state index contributed by atoms with van der Waals surface area (Å²) in [6, 6.07) is 9.60. The van der Waals surface area contributed by atoms with Gasteiger partial charge in [-0.15, -0.1) is 0 Å². The summed E-state index contributed by atoms with van der Waals surface area (Å²) in [4.78, 5) is 6.65. The third-order valence-electron chi connectivity index (χ3n) is 1.06. The summed E-state index contributed by atoms with van der Waals surface area (Å²) in [6.07, 6.45) is 7.25. The number of hydrogen-bond donors (Lipinski definition) is 1. The number of aromatic amines is 1. The van der Waals surface area contributed by atoms with Crippen molar-refractivity contribution >= 4 is 13.5 Å². The van der Waals surface area contributed by atoms with Gasteiger partial charge in [-0.05, 0) is 24.3 Å². The fourth-order valence-electron chi connectivity index (χ4n) is 0.590. The Labute approximate surface area is 103 Å². The van der Waals surface area contributed by atoms with Crippen LogP contribution >= 0.6 is 13.5 Å². The number of nitrogens with zero attached hydrogens (tertiary/aromatic N) is 1. The zero-order valence-electron chi connectivity index (χ0n) is 7.85. The molecule has 0 aliphatic carbocycles. The van der Waals surface area contributed by atoms with E-state index in [0.29, 0.717) is 0 Å². The quantitative estimate of drug-likeness (QED) is 0.717. The molecule has 0 aliphatic heterocycles. The van der Waals surface area contributed by atoms with Crippen molar-refractivity contribution in [2.45, 2.75) is 0 Å². The smallest absolute Gasteiger partial charge is 0.0267 e. The van der Waals surface area contributed by atoms with Gasteiger partial charge in [-0.1, -0.05) is 6.07 Å². The van der Waals surface area contributed by atoms with E-state index in [9.17, 15) is 0 Å². The summed E-state index contributed by atoms with van der Waals surface area (Å²) in [5.74, 6) is 0. The molecule has 0 aromatic carbocycles. The van der Waals surface area contributed by atoms with Crippen LogP contribution in [0.2, 0.25) is 0 Å². The first-order valence-electron chi connectivity index (χ1n) is 3.43. The Bertz CT molecular complexity index is 209. The first-order chi connectivity index (χ1) is 5.50. The Kier molecular flexibility index (Phi) is 20.2. The first kappa shape index (κ1) is 19.0. The first-order valence-corrected chi connectivity index (χ1v) is 3.43. The van der Waals surface area contributed by atoms with Gasteiger partial charge in [0.05, 0.1) is 0 Å². The Morgan fingerprint density at radius 1 is 0.786 bits per heavy atom. The van der Waals surface area contributed by atoms with Crippen LogP contribution in [0, 0.1) is 0 Å². The van der Waals surface area contributed by atoms with Gasteiger partial charge in [0, 0.05) is 44.3 Å². The second-order valence-electron chi connectivity index (χ2n) is 1.91. The van der Waals surface area contributed by atoms with Crippen LogP contribution in [0.5, 0.6) is 0 Å². The molecule has 0 bridgehead atoms. The summed E-state index contributed by atoms with van der Waals surface area (Å²) in [5, 5.41) is 0. The van der Waals surface area contributed by atoms with E-state index >= 15 is 0 Å². The zero-order chi connectivity index (χ0) is 7.78. The number of pyridine rings is 1. The number of rotatable bonds is 0. The van der Waals surface area contributed by atoms with Crippen LogP contribution in [0.4, 0.5) is 0 Å². The predicted octanol–water partition coefficient (Wildman–Crippen LogP) is 1.38. The van der Waals surface area contributed by atoms with Crippen LogP contribution < -0.4 is 0 Å². The summed E-state index contributed by atoms with van der Waals surface area (Å²) in [7, 11) is 0. The van der Waals surface area contributed by atoms with Crippen molar-refractivity contribution in [1.82, 2.24) is 9.97 Å².